The van der Waals surface area contributed by atoms with E-state index >= 15 is 0 Å². The van der Waals surface area contributed by atoms with Gasteiger partial charge in [-0.15, -0.1) is 11.8 Å². The zero-order valence-electron chi connectivity index (χ0n) is 20.4. The number of likely N-dealkylation sites (tertiary alicyclic amines) is 1. The number of halogens is 3. The number of anilines is 1. The first-order chi connectivity index (χ1) is 18.4. The number of carbonyl (C=O) groups excluding carboxylic acids is 1. The molecule has 38 heavy (non-hydrogen) atoms. The minimum Gasteiger partial charge on any atom is -0.338 e. The van der Waals surface area contributed by atoms with Crippen LogP contribution in [0.3, 0.4) is 0 Å². The third-order valence-corrected chi connectivity index (χ3v) is 8.35. The van der Waals surface area contributed by atoms with Crippen LogP contribution in [0.5, 0.6) is 0 Å². The molecule has 1 aliphatic heterocycles. The quantitative estimate of drug-likeness (QED) is 0.212. The second-order valence-electron chi connectivity index (χ2n) is 9.09. The third kappa shape index (κ3) is 6.90. The molecule has 0 unspecified atom stereocenters. The number of aromatic nitrogens is 2. The van der Waals surface area contributed by atoms with Gasteiger partial charge < -0.3 is 9.84 Å². The van der Waals surface area contributed by atoms with E-state index in [0.29, 0.717) is 33.9 Å². The van der Waals surface area contributed by atoms with Gasteiger partial charge in [-0.3, -0.25) is 9.69 Å². The molecule has 196 valence electrons. The van der Waals surface area contributed by atoms with Gasteiger partial charge in [0.2, 0.25) is 17.6 Å². The van der Waals surface area contributed by atoms with Crippen LogP contribution in [0.15, 0.2) is 76.1 Å². The lowest BCUT2D eigenvalue weighted by Crippen LogP contribution is -2.37. The summed E-state index contributed by atoms with van der Waals surface area (Å²) in [6, 6.07) is 20.9. The molecule has 1 fully saturated rings. The summed E-state index contributed by atoms with van der Waals surface area (Å²) in [5.41, 5.74) is 2.70. The first-order valence-corrected chi connectivity index (χ1v) is 14.3. The molecular formula is C28H25Cl3N4O2S. The van der Waals surface area contributed by atoms with Crippen molar-refractivity contribution in [1.29, 1.82) is 0 Å². The van der Waals surface area contributed by atoms with E-state index in [0.717, 1.165) is 47.3 Å². The molecule has 0 atom stereocenters. The van der Waals surface area contributed by atoms with Crippen molar-refractivity contribution in [2.75, 3.05) is 18.4 Å². The first kappa shape index (κ1) is 27.0. The molecule has 3 aromatic carbocycles. The van der Waals surface area contributed by atoms with Gasteiger partial charge in [0, 0.05) is 32.2 Å². The number of nitrogens with zero attached hydrogens (tertiary/aromatic N) is 3. The van der Waals surface area contributed by atoms with E-state index in [1.165, 1.54) is 5.56 Å². The Morgan fingerprint density at radius 2 is 1.74 bits per heavy atom. The second kappa shape index (κ2) is 12.5. The molecule has 2 heterocycles. The van der Waals surface area contributed by atoms with Crippen molar-refractivity contribution in [2.24, 2.45) is 5.92 Å². The maximum Gasteiger partial charge on any atom is 0.241 e. The Bertz CT molecular complexity index is 1410. The molecule has 0 bridgehead atoms. The van der Waals surface area contributed by atoms with Crippen molar-refractivity contribution < 1.29 is 9.32 Å². The molecule has 1 aliphatic rings. The van der Waals surface area contributed by atoms with Crippen molar-refractivity contribution in [3.63, 3.8) is 0 Å². The van der Waals surface area contributed by atoms with Crippen molar-refractivity contribution in [3.05, 3.63) is 93.3 Å². The fraction of sp³-hybridized carbons (Fsp3) is 0.250. The van der Waals surface area contributed by atoms with Crippen LogP contribution in [0.25, 0.3) is 11.4 Å². The Balaban J connectivity index is 1.13. The summed E-state index contributed by atoms with van der Waals surface area (Å²) in [5.74, 6) is 1.75. The minimum absolute atomic E-state index is 0.0494. The van der Waals surface area contributed by atoms with Crippen LogP contribution in [-0.4, -0.2) is 34.0 Å². The number of hydrogen-bond donors (Lipinski definition) is 1. The number of amides is 1. The molecule has 1 amide bonds. The van der Waals surface area contributed by atoms with Gasteiger partial charge in [-0.1, -0.05) is 64.2 Å². The monoisotopic (exact) mass is 586 g/mol. The Morgan fingerprint density at radius 3 is 2.50 bits per heavy atom. The fourth-order valence-corrected chi connectivity index (χ4v) is 5.90. The number of nitrogens with one attached hydrogen (secondary N) is 1. The molecule has 4 aromatic rings. The highest BCUT2D eigenvalue weighted by atomic mass is 35.5. The average molecular weight is 588 g/mol. The van der Waals surface area contributed by atoms with Crippen molar-refractivity contribution in [1.82, 2.24) is 15.0 Å². The summed E-state index contributed by atoms with van der Waals surface area (Å²) in [6.07, 6.45) is 1.52. The highest BCUT2D eigenvalue weighted by molar-refractivity contribution is 7.98. The van der Waals surface area contributed by atoms with Crippen LogP contribution in [0.1, 0.15) is 24.3 Å². The van der Waals surface area contributed by atoms with Gasteiger partial charge in [-0.25, -0.2) is 0 Å². The molecule has 1 aromatic heterocycles. The van der Waals surface area contributed by atoms with Gasteiger partial charge in [0.05, 0.1) is 17.3 Å². The van der Waals surface area contributed by atoms with Gasteiger partial charge in [0.25, 0.3) is 0 Å². The molecule has 0 saturated carbocycles. The standard InChI is InChI=1S/C28H25Cl3N4O2S/c29-20-7-5-18(6-8-20)17-38-25-4-2-1-3-24(25)32-28(36)19-11-13-35(14-12-19)16-26-33-27(34-37-26)22-10-9-21(30)15-23(22)31/h1-10,15,19H,11-14,16-17H2,(H,32,36). The molecule has 0 radical (unpaired) electrons. The number of carbonyl (C=O) groups is 1. The summed E-state index contributed by atoms with van der Waals surface area (Å²) in [4.78, 5) is 20.9. The zero-order chi connectivity index (χ0) is 26.5. The summed E-state index contributed by atoms with van der Waals surface area (Å²) in [5, 5.41) is 8.97. The number of thioether (sulfide) groups is 1. The molecule has 1 N–H and O–H groups in total. The Hall–Kier alpha value is -2.55. The molecule has 10 heteroatoms. The minimum atomic E-state index is -0.0494. The lowest BCUT2D eigenvalue weighted by molar-refractivity contribution is -0.121. The summed E-state index contributed by atoms with van der Waals surface area (Å²) >= 11 is 19.9. The Labute approximate surface area is 240 Å². The normalized spacial score (nSPS) is 14.5. The molecule has 5 rings (SSSR count). The summed E-state index contributed by atoms with van der Waals surface area (Å²) < 4.78 is 5.45. The molecule has 0 spiro atoms. The number of benzene rings is 3. The number of rotatable bonds is 8. The largest absolute Gasteiger partial charge is 0.338 e. The van der Waals surface area contributed by atoms with Gasteiger partial charge in [-0.05, 0) is 74.0 Å². The highest BCUT2D eigenvalue weighted by Gasteiger charge is 2.26. The predicted molar refractivity (Wildman–Crippen MR) is 154 cm³/mol. The topological polar surface area (TPSA) is 71.3 Å². The van der Waals surface area contributed by atoms with E-state index in [9.17, 15) is 4.79 Å². The van der Waals surface area contributed by atoms with Gasteiger partial charge in [-0.2, -0.15) is 4.98 Å². The molecule has 1 saturated heterocycles. The fourth-order valence-electron chi connectivity index (χ4n) is 4.32. The lowest BCUT2D eigenvalue weighted by atomic mass is 9.96. The highest BCUT2D eigenvalue weighted by Crippen LogP contribution is 2.32. The van der Waals surface area contributed by atoms with Gasteiger partial charge >= 0.3 is 0 Å². The van der Waals surface area contributed by atoms with Crippen LogP contribution in [0.2, 0.25) is 15.1 Å². The van der Waals surface area contributed by atoms with Gasteiger partial charge in [0.1, 0.15) is 0 Å². The summed E-state index contributed by atoms with van der Waals surface area (Å²) in [7, 11) is 0. The van der Waals surface area contributed by atoms with Crippen molar-refractivity contribution in [3.8, 4) is 11.4 Å². The van der Waals surface area contributed by atoms with Crippen molar-refractivity contribution >= 4 is 58.2 Å². The maximum absolute atomic E-state index is 13.1. The van der Waals surface area contributed by atoms with Crippen LogP contribution >= 0.6 is 46.6 Å². The van der Waals surface area contributed by atoms with E-state index in [4.69, 9.17) is 39.3 Å². The van der Waals surface area contributed by atoms with Crippen LogP contribution < -0.4 is 5.32 Å². The zero-order valence-corrected chi connectivity index (χ0v) is 23.5. The number of hydrogen-bond acceptors (Lipinski definition) is 6. The predicted octanol–water partition coefficient (Wildman–Crippen LogP) is 7.84. The number of piperidine rings is 1. The van der Waals surface area contributed by atoms with Crippen LogP contribution in [-0.2, 0) is 17.1 Å². The van der Waals surface area contributed by atoms with Crippen LogP contribution in [0, 0.1) is 5.92 Å². The van der Waals surface area contributed by atoms with E-state index < -0.39 is 0 Å². The lowest BCUT2D eigenvalue weighted by Gasteiger charge is -2.30. The SMILES string of the molecule is O=C(Nc1ccccc1SCc1ccc(Cl)cc1)C1CCN(Cc2nc(-c3ccc(Cl)cc3Cl)no2)CC1. The van der Waals surface area contributed by atoms with E-state index in [2.05, 4.69) is 20.4 Å². The van der Waals surface area contributed by atoms with E-state index in [1.54, 1.807) is 30.0 Å². The van der Waals surface area contributed by atoms with E-state index in [-0.39, 0.29) is 11.8 Å². The first-order valence-electron chi connectivity index (χ1n) is 12.2. The Morgan fingerprint density at radius 1 is 1.00 bits per heavy atom. The summed E-state index contributed by atoms with van der Waals surface area (Å²) in [6.45, 7) is 2.06. The average Bonchev–Trinajstić information content (AvgIpc) is 3.37. The van der Waals surface area contributed by atoms with Crippen LogP contribution in [0.4, 0.5) is 5.69 Å². The van der Waals surface area contributed by atoms with Gasteiger partial charge in [0.15, 0.2) is 0 Å². The maximum atomic E-state index is 13.1. The molecule has 0 aliphatic carbocycles. The van der Waals surface area contributed by atoms with E-state index in [1.807, 2.05) is 48.5 Å². The second-order valence-corrected chi connectivity index (χ2v) is 11.4. The van der Waals surface area contributed by atoms with Crippen molar-refractivity contribution in [2.45, 2.75) is 30.0 Å². The smallest absolute Gasteiger partial charge is 0.241 e. The molecule has 6 nitrogen and oxygen atoms in total. The molecular weight excluding hydrogens is 563 g/mol. The number of para-hydroxylation sites is 1. The third-order valence-electron chi connectivity index (χ3n) is 6.41. The Kier molecular flexibility index (Phi) is 8.92.